The van der Waals surface area contributed by atoms with E-state index in [9.17, 15) is 14.4 Å². The Bertz CT molecular complexity index is 1300. The van der Waals surface area contributed by atoms with Crippen LogP contribution in [0.3, 0.4) is 0 Å². The van der Waals surface area contributed by atoms with Gasteiger partial charge >= 0.3 is 5.69 Å². The quantitative estimate of drug-likeness (QED) is 0.568. The maximum Gasteiger partial charge on any atom is 0.336 e. The molecule has 0 saturated heterocycles. The summed E-state index contributed by atoms with van der Waals surface area (Å²) in [6.07, 6.45) is 1.53. The standard InChI is InChI=1S/C22H19N3O4/c1-15-7-2-4-10-18(15)25-21(27)17-9-3-5-11-19(17)24(22(25)28)14-20(26)23-13-16-8-6-12-29-16/h2-12H,13-14H2,1H3,(H,23,26). The van der Waals surface area contributed by atoms with Crippen molar-refractivity contribution in [2.24, 2.45) is 0 Å². The minimum Gasteiger partial charge on any atom is -0.467 e. The molecule has 0 unspecified atom stereocenters. The average molecular weight is 389 g/mol. The lowest BCUT2D eigenvalue weighted by Gasteiger charge is -2.15. The lowest BCUT2D eigenvalue weighted by Crippen LogP contribution is -2.42. The fourth-order valence-electron chi connectivity index (χ4n) is 3.30. The van der Waals surface area contributed by atoms with E-state index >= 15 is 0 Å². The summed E-state index contributed by atoms with van der Waals surface area (Å²) < 4.78 is 7.65. The van der Waals surface area contributed by atoms with Gasteiger partial charge in [-0.05, 0) is 42.8 Å². The highest BCUT2D eigenvalue weighted by atomic mass is 16.3. The number of carbonyl (C=O) groups is 1. The van der Waals surface area contributed by atoms with Crippen LogP contribution >= 0.6 is 0 Å². The van der Waals surface area contributed by atoms with Gasteiger partial charge in [-0.3, -0.25) is 14.2 Å². The lowest BCUT2D eigenvalue weighted by molar-refractivity contribution is -0.121. The number of para-hydroxylation sites is 2. The molecule has 0 atom stereocenters. The Morgan fingerprint density at radius 2 is 1.76 bits per heavy atom. The molecule has 7 nitrogen and oxygen atoms in total. The summed E-state index contributed by atoms with van der Waals surface area (Å²) in [7, 11) is 0. The van der Waals surface area contributed by atoms with Gasteiger partial charge in [0.05, 0.1) is 29.4 Å². The van der Waals surface area contributed by atoms with Gasteiger partial charge in [-0.15, -0.1) is 0 Å². The third-order valence-corrected chi connectivity index (χ3v) is 4.75. The van der Waals surface area contributed by atoms with Crippen molar-refractivity contribution in [2.75, 3.05) is 0 Å². The summed E-state index contributed by atoms with van der Waals surface area (Å²) in [5.74, 6) is 0.254. The van der Waals surface area contributed by atoms with Crippen molar-refractivity contribution in [3.05, 3.63) is 99.1 Å². The topological polar surface area (TPSA) is 86.2 Å². The van der Waals surface area contributed by atoms with Gasteiger partial charge < -0.3 is 9.73 Å². The van der Waals surface area contributed by atoms with Crippen LogP contribution in [0.4, 0.5) is 0 Å². The lowest BCUT2D eigenvalue weighted by atomic mass is 10.2. The number of nitrogens with zero attached hydrogens (tertiary/aromatic N) is 2. The second-order valence-corrected chi connectivity index (χ2v) is 6.67. The maximum absolute atomic E-state index is 13.3. The van der Waals surface area contributed by atoms with Gasteiger partial charge in [0.1, 0.15) is 12.3 Å². The molecule has 2 aromatic carbocycles. The predicted molar refractivity (Wildman–Crippen MR) is 109 cm³/mol. The molecule has 0 aliphatic heterocycles. The fourth-order valence-corrected chi connectivity index (χ4v) is 3.30. The maximum atomic E-state index is 13.3. The van der Waals surface area contributed by atoms with E-state index in [0.29, 0.717) is 22.4 Å². The van der Waals surface area contributed by atoms with Gasteiger partial charge in [0, 0.05) is 0 Å². The first-order valence-corrected chi connectivity index (χ1v) is 9.16. The number of furan rings is 1. The van der Waals surface area contributed by atoms with Crippen molar-refractivity contribution < 1.29 is 9.21 Å². The highest BCUT2D eigenvalue weighted by molar-refractivity contribution is 5.81. The van der Waals surface area contributed by atoms with Gasteiger partial charge in [0.15, 0.2) is 0 Å². The van der Waals surface area contributed by atoms with Gasteiger partial charge in [-0.2, -0.15) is 0 Å². The molecular weight excluding hydrogens is 370 g/mol. The Kier molecular flexibility index (Phi) is 4.87. The molecule has 0 radical (unpaired) electrons. The Labute approximate surface area is 165 Å². The van der Waals surface area contributed by atoms with Gasteiger partial charge in [-0.25, -0.2) is 9.36 Å². The highest BCUT2D eigenvalue weighted by Crippen LogP contribution is 2.13. The van der Waals surface area contributed by atoms with E-state index in [1.165, 1.54) is 10.8 Å². The van der Waals surface area contributed by atoms with E-state index in [2.05, 4.69) is 5.32 Å². The van der Waals surface area contributed by atoms with Crippen LogP contribution in [-0.2, 0) is 17.9 Å². The number of aryl methyl sites for hydroxylation is 1. The number of benzene rings is 2. The van der Waals surface area contributed by atoms with Crippen LogP contribution in [0.5, 0.6) is 0 Å². The smallest absolute Gasteiger partial charge is 0.336 e. The number of hydrogen-bond acceptors (Lipinski definition) is 4. The molecule has 2 aromatic heterocycles. The van der Waals surface area contributed by atoms with E-state index in [-0.39, 0.29) is 19.0 Å². The minimum absolute atomic E-state index is 0.216. The number of fused-ring (bicyclic) bond motifs is 1. The Balaban J connectivity index is 1.81. The Morgan fingerprint density at radius 3 is 2.52 bits per heavy atom. The monoisotopic (exact) mass is 389 g/mol. The van der Waals surface area contributed by atoms with Crippen molar-refractivity contribution in [3.8, 4) is 5.69 Å². The SMILES string of the molecule is Cc1ccccc1-n1c(=O)c2ccccc2n(CC(=O)NCc2ccco2)c1=O. The number of rotatable bonds is 5. The van der Waals surface area contributed by atoms with E-state index in [4.69, 9.17) is 4.42 Å². The van der Waals surface area contributed by atoms with Crippen molar-refractivity contribution in [3.63, 3.8) is 0 Å². The van der Waals surface area contributed by atoms with Crippen LogP contribution < -0.4 is 16.6 Å². The van der Waals surface area contributed by atoms with Crippen LogP contribution in [0.15, 0.2) is 80.9 Å². The van der Waals surface area contributed by atoms with E-state index in [1.54, 1.807) is 48.5 Å². The van der Waals surface area contributed by atoms with Crippen LogP contribution in [0, 0.1) is 6.92 Å². The zero-order valence-electron chi connectivity index (χ0n) is 15.8. The normalized spacial score (nSPS) is 10.9. The highest BCUT2D eigenvalue weighted by Gasteiger charge is 2.17. The molecular formula is C22H19N3O4. The zero-order chi connectivity index (χ0) is 20.4. The van der Waals surface area contributed by atoms with Crippen LogP contribution in [-0.4, -0.2) is 15.0 Å². The first kappa shape index (κ1) is 18.5. The van der Waals surface area contributed by atoms with Crippen LogP contribution in [0.1, 0.15) is 11.3 Å². The summed E-state index contributed by atoms with van der Waals surface area (Å²) in [6, 6.07) is 17.4. The van der Waals surface area contributed by atoms with Crippen LogP contribution in [0.2, 0.25) is 0 Å². The summed E-state index contributed by atoms with van der Waals surface area (Å²) in [5, 5.41) is 3.10. The number of nitrogens with one attached hydrogen (secondary N) is 1. The van der Waals surface area contributed by atoms with Crippen molar-refractivity contribution in [1.82, 2.24) is 14.5 Å². The van der Waals surface area contributed by atoms with Crippen LogP contribution in [0.25, 0.3) is 16.6 Å². The molecule has 1 N–H and O–H groups in total. The molecule has 0 bridgehead atoms. The minimum atomic E-state index is -0.559. The molecule has 0 saturated carbocycles. The summed E-state index contributed by atoms with van der Waals surface area (Å²) in [5.41, 5.74) is 0.734. The van der Waals surface area contributed by atoms with E-state index < -0.39 is 11.2 Å². The molecule has 29 heavy (non-hydrogen) atoms. The number of carbonyl (C=O) groups excluding carboxylic acids is 1. The van der Waals surface area contributed by atoms with Crippen molar-refractivity contribution >= 4 is 16.8 Å². The number of aromatic nitrogens is 2. The molecule has 0 aliphatic rings. The molecule has 0 spiro atoms. The van der Waals surface area contributed by atoms with Crippen molar-refractivity contribution in [1.29, 1.82) is 0 Å². The largest absolute Gasteiger partial charge is 0.467 e. The van der Waals surface area contributed by atoms with Gasteiger partial charge in [0.25, 0.3) is 5.56 Å². The van der Waals surface area contributed by atoms with Gasteiger partial charge in [0.2, 0.25) is 5.91 Å². The Hall–Kier alpha value is -3.87. The number of hydrogen-bond donors (Lipinski definition) is 1. The third kappa shape index (κ3) is 3.50. The predicted octanol–water partition coefficient (Wildman–Crippen LogP) is 2.37. The molecule has 1 amide bonds. The number of amides is 1. The summed E-state index contributed by atoms with van der Waals surface area (Å²) in [4.78, 5) is 38.8. The molecule has 7 heteroatoms. The molecule has 0 aliphatic carbocycles. The molecule has 2 heterocycles. The third-order valence-electron chi connectivity index (χ3n) is 4.75. The van der Waals surface area contributed by atoms with E-state index in [0.717, 1.165) is 10.1 Å². The first-order chi connectivity index (χ1) is 14.1. The Morgan fingerprint density at radius 1 is 1.00 bits per heavy atom. The molecule has 4 aromatic rings. The van der Waals surface area contributed by atoms with E-state index in [1.807, 2.05) is 19.1 Å². The second-order valence-electron chi connectivity index (χ2n) is 6.67. The zero-order valence-corrected chi connectivity index (χ0v) is 15.8. The molecule has 4 rings (SSSR count). The van der Waals surface area contributed by atoms with Crippen molar-refractivity contribution in [2.45, 2.75) is 20.0 Å². The molecule has 0 fully saturated rings. The summed E-state index contributed by atoms with van der Waals surface area (Å²) in [6.45, 7) is 1.83. The summed E-state index contributed by atoms with van der Waals surface area (Å²) >= 11 is 0. The molecule has 146 valence electrons. The fraction of sp³-hybridized carbons (Fsp3) is 0.136. The van der Waals surface area contributed by atoms with Gasteiger partial charge in [-0.1, -0.05) is 30.3 Å². The second kappa shape index (κ2) is 7.63. The first-order valence-electron chi connectivity index (χ1n) is 9.16. The average Bonchev–Trinajstić information content (AvgIpc) is 3.25.